The molecular formula is C11H12ClN3O2S3. The van der Waals surface area contributed by atoms with Gasteiger partial charge in [0.15, 0.2) is 10.1 Å². The highest BCUT2D eigenvalue weighted by Gasteiger charge is 2.11. The van der Waals surface area contributed by atoms with Gasteiger partial charge in [0.1, 0.15) is 0 Å². The molecule has 2 rings (SSSR count). The first-order valence-corrected chi connectivity index (χ1v) is 8.66. The van der Waals surface area contributed by atoms with E-state index in [2.05, 4.69) is 15.5 Å². The van der Waals surface area contributed by atoms with Crippen molar-refractivity contribution in [2.24, 2.45) is 0 Å². The van der Waals surface area contributed by atoms with Crippen molar-refractivity contribution < 1.29 is 9.53 Å². The van der Waals surface area contributed by atoms with Gasteiger partial charge in [0.05, 0.1) is 21.6 Å². The Bertz CT molecular complexity index is 573. The zero-order valence-electron chi connectivity index (χ0n) is 10.6. The highest BCUT2D eigenvalue weighted by atomic mass is 35.5. The quantitative estimate of drug-likeness (QED) is 0.448. The molecule has 108 valence electrons. The summed E-state index contributed by atoms with van der Waals surface area (Å²) in [4.78, 5) is 12.6. The molecule has 2 aromatic rings. The maximum atomic E-state index is 11.9. The second-order valence-electron chi connectivity index (χ2n) is 3.61. The Balaban J connectivity index is 1.80. The lowest BCUT2D eigenvalue weighted by molar-refractivity contribution is 0.102. The van der Waals surface area contributed by atoms with Crippen LogP contribution in [-0.4, -0.2) is 42.0 Å². The number of nitrogens with one attached hydrogen (secondary N) is 1. The van der Waals surface area contributed by atoms with Crippen molar-refractivity contribution in [2.45, 2.75) is 4.34 Å². The predicted molar refractivity (Wildman–Crippen MR) is 84.7 cm³/mol. The number of ketones is 1. The van der Waals surface area contributed by atoms with Gasteiger partial charge in [-0.15, -0.1) is 21.5 Å². The van der Waals surface area contributed by atoms with E-state index in [1.165, 1.54) is 34.4 Å². The molecule has 0 radical (unpaired) electrons. The van der Waals surface area contributed by atoms with Gasteiger partial charge in [-0.2, -0.15) is 0 Å². The van der Waals surface area contributed by atoms with Crippen molar-refractivity contribution in [2.75, 3.05) is 31.3 Å². The van der Waals surface area contributed by atoms with Crippen LogP contribution in [0.4, 0.5) is 5.13 Å². The number of aromatic nitrogens is 2. The van der Waals surface area contributed by atoms with E-state index < -0.39 is 0 Å². The maximum absolute atomic E-state index is 11.9. The van der Waals surface area contributed by atoms with Gasteiger partial charge in [0.25, 0.3) is 0 Å². The number of thiophene rings is 1. The fourth-order valence-corrected chi connectivity index (χ4v) is 3.99. The molecule has 0 spiro atoms. The second kappa shape index (κ2) is 7.94. The monoisotopic (exact) mass is 349 g/mol. The summed E-state index contributed by atoms with van der Waals surface area (Å²) < 4.78 is 6.32. The number of nitrogens with zero attached hydrogens (tertiary/aromatic N) is 2. The predicted octanol–water partition coefficient (Wildman–Crippen LogP) is 3.29. The minimum Gasteiger partial charge on any atom is -0.383 e. The number of methoxy groups -OCH3 is 1. The van der Waals surface area contributed by atoms with E-state index in [1.54, 1.807) is 19.2 Å². The van der Waals surface area contributed by atoms with Gasteiger partial charge in [0.2, 0.25) is 5.13 Å². The fourth-order valence-electron chi connectivity index (χ4n) is 1.26. The number of carbonyl (C=O) groups is 1. The number of anilines is 1. The number of hydrogen-bond acceptors (Lipinski definition) is 8. The lowest BCUT2D eigenvalue weighted by atomic mass is 10.4. The van der Waals surface area contributed by atoms with Gasteiger partial charge >= 0.3 is 0 Å². The third kappa shape index (κ3) is 4.71. The van der Waals surface area contributed by atoms with Crippen molar-refractivity contribution in [1.82, 2.24) is 10.2 Å². The van der Waals surface area contributed by atoms with Crippen LogP contribution in [0.25, 0.3) is 0 Å². The summed E-state index contributed by atoms with van der Waals surface area (Å²) in [5.74, 6) is 0.389. The first kappa shape index (κ1) is 15.7. The number of ether oxygens (including phenoxy) is 1. The molecule has 5 nitrogen and oxygen atoms in total. The van der Waals surface area contributed by atoms with Crippen LogP contribution in [0.1, 0.15) is 9.67 Å². The van der Waals surface area contributed by atoms with Crippen LogP contribution >= 0.6 is 46.0 Å². The number of hydrogen-bond donors (Lipinski definition) is 1. The number of rotatable bonds is 8. The Morgan fingerprint density at radius 3 is 3.00 bits per heavy atom. The van der Waals surface area contributed by atoms with Crippen LogP contribution in [-0.2, 0) is 4.74 Å². The summed E-state index contributed by atoms with van der Waals surface area (Å²) >= 11 is 9.90. The van der Waals surface area contributed by atoms with Crippen molar-refractivity contribution in [3.8, 4) is 0 Å². The molecule has 0 atom stereocenters. The Hall–Kier alpha value is -0.670. The molecule has 0 saturated carbocycles. The van der Waals surface area contributed by atoms with E-state index >= 15 is 0 Å². The van der Waals surface area contributed by atoms with Crippen LogP contribution in [0.15, 0.2) is 16.5 Å². The molecule has 0 amide bonds. The topological polar surface area (TPSA) is 64.1 Å². The number of carbonyl (C=O) groups excluding carboxylic acids is 1. The molecular weight excluding hydrogens is 338 g/mol. The molecule has 0 aliphatic heterocycles. The average Bonchev–Trinajstić information content (AvgIpc) is 3.05. The van der Waals surface area contributed by atoms with Gasteiger partial charge in [-0.25, -0.2) is 0 Å². The largest absolute Gasteiger partial charge is 0.383 e. The van der Waals surface area contributed by atoms with E-state index in [-0.39, 0.29) is 5.78 Å². The van der Waals surface area contributed by atoms with E-state index in [0.29, 0.717) is 28.1 Å². The Kier molecular flexibility index (Phi) is 6.24. The molecule has 2 aromatic heterocycles. The average molecular weight is 350 g/mol. The molecule has 2 heterocycles. The molecule has 0 saturated heterocycles. The highest BCUT2D eigenvalue weighted by molar-refractivity contribution is 8.01. The van der Waals surface area contributed by atoms with Gasteiger partial charge in [-0.05, 0) is 12.1 Å². The van der Waals surface area contributed by atoms with Crippen LogP contribution < -0.4 is 5.32 Å². The van der Waals surface area contributed by atoms with Crippen molar-refractivity contribution in [1.29, 1.82) is 0 Å². The number of thioether (sulfide) groups is 1. The van der Waals surface area contributed by atoms with E-state index in [0.717, 1.165) is 9.47 Å². The van der Waals surface area contributed by atoms with Crippen molar-refractivity contribution >= 4 is 57.0 Å². The molecule has 0 aliphatic rings. The van der Waals surface area contributed by atoms with Crippen LogP contribution in [0.2, 0.25) is 4.34 Å². The zero-order chi connectivity index (χ0) is 14.4. The molecule has 0 unspecified atom stereocenters. The van der Waals surface area contributed by atoms with Crippen LogP contribution in [0.3, 0.4) is 0 Å². The fraction of sp³-hybridized carbons (Fsp3) is 0.364. The molecule has 0 bridgehead atoms. The lowest BCUT2D eigenvalue weighted by Gasteiger charge is -1.98. The molecule has 9 heteroatoms. The highest BCUT2D eigenvalue weighted by Crippen LogP contribution is 2.28. The standard InChI is InChI=1S/C11H12ClN3O2S3/c1-17-5-4-13-10-14-15-11(20-10)18-6-7(16)8-2-3-9(12)19-8/h2-3H,4-6H2,1H3,(H,13,14). The zero-order valence-corrected chi connectivity index (χ0v) is 13.8. The SMILES string of the molecule is COCCNc1nnc(SCC(=O)c2ccc(Cl)s2)s1. The normalized spacial score (nSPS) is 10.7. The summed E-state index contributed by atoms with van der Waals surface area (Å²) in [6, 6.07) is 3.47. The molecule has 0 aromatic carbocycles. The summed E-state index contributed by atoms with van der Waals surface area (Å²) in [6.45, 7) is 1.29. The first-order valence-electron chi connectivity index (χ1n) is 5.66. The minimum atomic E-state index is 0.0518. The third-order valence-electron chi connectivity index (χ3n) is 2.16. The van der Waals surface area contributed by atoms with E-state index in [1.807, 2.05) is 0 Å². The lowest BCUT2D eigenvalue weighted by Crippen LogP contribution is -2.06. The minimum absolute atomic E-state index is 0.0518. The second-order valence-corrected chi connectivity index (χ2v) is 7.52. The Morgan fingerprint density at radius 1 is 1.45 bits per heavy atom. The molecule has 20 heavy (non-hydrogen) atoms. The van der Waals surface area contributed by atoms with Crippen molar-refractivity contribution in [3.05, 3.63) is 21.3 Å². The van der Waals surface area contributed by atoms with Crippen molar-refractivity contribution in [3.63, 3.8) is 0 Å². The maximum Gasteiger partial charge on any atom is 0.206 e. The Morgan fingerprint density at radius 2 is 2.30 bits per heavy atom. The van der Waals surface area contributed by atoms with E-state index in [4.69, 9.17) is 16.3 Å². The first-order chi connectivity index (χ1) is 9.69. The summed E-state index contributed by atoms with van der Waals surface area (Å²) in [6.07, 6.45) is 0. The van der Waals surface area contributed by atoms with Gasteiger partial charge in [-0.1, -0.05) is 34.7 Å². The van der Waals surface area contributed by atoms with Gasteiger partial charge < -0.3 is 10.1 Å². The number of halogens is 1. The molecule has 0 aliphatic carbocycles. The Labute approximate surface area is 133 Å². The van der Waals surface area contributed by atoms with Gasteiger partial charge in [0, 0.05) is 13.7 Å². The summed E-state index contributed by atoms with van der Waals surface area (Å²) in [7, 11) is 1.64. The van der Waals surface area contributed by atoms with Gasteiger partial charge in [-0.3, -0.25) is 4.79 Å². The smallest absolute Gasteiger partial charge is 0.206 e. The number of Topliss-reactive ketones (excluding diaryl/α,β-unsaturated/α-hetero) is 1. The summed E-state index contributed by atoms with van der Waals surface area (Å²) in [5.41, 5.74) is 0. The molecule has 0 fully saturated rings. The summed E-state index contributed by atoms with van der Waals surface area (Å²) in [5, 5.41) is 11.8. The van der Waals surface area contributed by atoms with Crippen LogP contribution in [0, 0.1) is 0 Å². The van der Waals surface area contributed by atoms with E-state index in [9.17, 15) is 4.79 Å². The van der Waals surface area contributed by atoms with Crippen LogP contribution in [0.5, 0.6) is 0 Å². The molecule has 1 N–H and O–H groups in total. The third-order valence-corrected chi connectivity index (χ3v) is 5.45.